The molecule has 1 aromatic rings. The third kappa shape index (κ3) is 4.25. The highest BCUT2D eigenvalue weighted by atomic mass is 35.5. The molecule has 3 heteroatoms. The normalized spacial score (nSPS) is 10.6. The van der Waals surface area contributed by atoms with Crippen molar-refractivity contribution in [3.05, 3.63) is 34.9 Å². The van der Waals surface area contributed by atoms with Crippen molar-refractivity contribution in [3.8, 4) is 11.8 Å². The predicted octanol–water partition coefficient (Wildman–Crippen LogP) is 3.74. The van der Waals surface area contributed by atoms with Crippen molar-refractivity contribution in [2.45, 2.75) is 19.3 Å². The first-order valence-electron chi connectivity index (χ1n) is 4.10. The highest BCUT2D eigenvalue weighted by Crippen LogP contribution is 2.15. The number of rotatable bonds is 1. The largest absolute Gasteiger partial charge is 0.256 e. The van der Waals surface area contributed by atoms with Gasteiger partial charge in [0.1, 0.15) is 0 Å². The van der Waals surface area contributed by atoms with Crippen LogP contribution in [0.15, 0.2) is 24.3 Å². The molecule has 74 valence electrons. The summed E-state index contributed by atoms with van der Waals surface area (Å²) in [6.07, 6.45) is -0.431. The zero-order valence-corrected chi connectivity index (χ0v) is 8.41. The van der Waals surface area contributed by atoms with Gasteiger partial charge in [0.2, 0.25) is 0 Å². The summed E-state index contributed by atoms with van der Waals surface area (Å²) in [7, 11) is 0. The van der Waals surface area contributed by atoms with Crippen LogP contribution in [0.4, 0.5) is 8.78 Å². The lowest BCUT2D eigenvalue weighted by molar-refractivity contribution is 0.0278. The van der Waals surface area contributed by atoms with Crippen molar-refractivity contribution in [1.82, 2.24) is 0 Å². The summed E-state index contributed by atoms with van der Waals surface area (Å²) in [5.41, 5.74) is 0.654. The van der Waals surface area contributed by atoms with Gasteiger partial charge in [-0.3, -0.25) is 0 Å². The first kappa shape index (κ1) is 11.0. The van der Waals surface area contributed by atoms with Crippen LogP contribution in [0.5, 0.6) is 0 Å². The van der Waals surface area contributed by atoms with E-state index < -0.39 is 12.3 Å². The van der Waals surface area contributed by atoms with Gasteiger partial charge in [0.15, 0.2) is 0 Å². The van der Waals surface area contributed by atoms with Gasteiger partial charge in [-0.15, -0.1) is 0 Å². The summed E-state index contributed by atoms with van der Waals surface area (Å²) in [5.74, 6) is 2.31. The number of halogens is 3. The Kier molecular flexibility index (Phi) is 3.49. The molecule has 0 aliphatic rings. The SMILES string of the molecule is CC(F)(F)CC#Cc1cccc(Cl)c1. The molecule has 0 saturated heterocycles. The molecule has 14 heavy (non-hydrogen) atoms. The summed E-state index contributed by atoms with van der Waals surface area (Å²) in [4.78, 5) is 0. The van der Waals surface area contributed by atoms with Crippen LogP contribution in [0.2, 0.25) is 5.02 Å². The first-order chi connectivity index (χ1) is 6.47. The van der Waals surface area contributed by atoms with E-state index in [2.05, 4.69) is 11.8 Å². The van der Waals surface area contributed by atoms with Crippen molar-refractivity contribution < 1.29 is 8.78 Å². The van der Waals surface area contributed by atoms with E-state index in [1.165, 1.54) is 0 Å². The number of alkyl halides is 2. The van der Waals surface area contributed by atoms with Gasteiger partial charge in [-0.2, -0.15) is 0 Å². The van der Waals surface area contributed by atoms with E-state index in [4.69, 9.17) is 11.6 Å². The minimum atomic E-state index is -2.73. The minimum Gasteiger partial charge on any atom is -0.206 e. The summed E-state index contributed by atoms with van der Waals surface area (Å²) < 4.78 is 24.8. The lowest BCUT2D eigenvalue weighted by Gasteiger charge is -2.02. The van der Waals surface area contributed by atoms with E-state index in [0.717, 1.165) is 6.92 Å². The highest BCUT2D eigenvalue weighted by Gasteiger charge is 2.18. The van der Waals surface area contributed by atoms with Crippen LogP contribution in [0.1, 0.15) is 18.9 Å². The maximum absolute atomic E-state index is 12.4. The molecule has 0 aromatic heterocycles. The van der Waals surface area contributed by atoms with Crippen molar-refractivity contribution in [1.29, 1.82) is 0 Å². The summed E-state index contributed by atoms with van der Waals surface area (Å²) in [5, 5.41) is 0.556. The molecular weight excluding hydrogens is 206 g/mol. The topological polar surface area (TPSA) is 0 Å². The molecular formula is C11H9ClF2. The molecule has 0 atom stereocenters. The molecule has 0 radical (unpaired) electrons. The lowest BCUT2D eigenvalue weighted by atomic mass is 10.2. The van der Waals surface area contributed by atoms with E-state index in [9.17, 15) is 8.78 Å². The number of hydrogen-bond donors (Lipinski definition) is 0. The van der Waals surface area contributed by atoms with Crippen LogP contribution in [0.25, 0.3) is 0 Å². The molecule has 0 aliphatic carbocycles. The molecule has 0 nitrogen and oxygen atoms in total. The molecule has 0 bridgehead atoms. The van der Waals surface area contributed by atoms with Crippen molar-refractivity contribution >= 4 is 11.6 Å². The molecule has 0 heterocycles. The Morgan fingerprint density at radius 3 is 2.71 bits per heavy atom. The Bertz CT molecular complexity index is 369. The minimum absolute atomic E-state index is 0.431. The molecule has 0 fully saturated rings. The number of benzene rings is 1. The second kappa shape index (κ2) is 4.43. The smallest absolute Gasteiger partial charge is 0.206 e. The van der Waals surface area contributed by atoms with E-state index >= 15 is 0 Å². The first-order valence-corrected chi connectivity index (χ1v) is 4.47. The molecule has 1 rings (SSSR count). The van der Waals surface area contributed by atoms with Crippen LogP contribution in [-0.2, 0) is 0 Å². The third-order valence-corrected chi connectivity index (χ3v) is 1.69. The summed E-state index contributed by atoms with van der Waals surface area (Å²) in [6, 6.07) is 6.81. The maximum Gasteiger partial charge on any atom is 0.256 e. The average Bonchev–Trinajstić information content (AvgIpc) is 2.01. The Labute approximate surface area is 86.9 Å². The van der Waals surface area contributed by atoms with Gasteiger partial charge in [-0.05, 0) is 18.2 Å². The van der Waals surface area contributed by atoms with Crippen LogP contribution in [0.3, 0.4) is 0 Å². The molecule has 0 saturated carbocycles. The Hall–Kier alpha value is -1.07. The fourth-order valence-electron chi connectivity index (χ4n) is 0.868. The van der Waals surface area contributed by atoms with Crippen LogP contribution < -0.4 is 0 Å². The second-order valence-corrected chi connectivity index (χ2v) is 3.50. The van der Waals surface area contributed by atoms with Crippen molar-refractivity contribution in [2.75, 3.05) is 0 Å². The monoisotopic (exact) mass is 214 g/mol. The summed E-state index contributed by atoms with van der Waals surface area (Å²) in [6.45, 7) is 0.847. The highest BCUT2D eigenvalue weighted by molar-refractivity contribution is 6.30. The maximum atomic E-state index is 12.4. The fraction of sp³-hybridized carbons (Fsp3) is 0.273. The van der Waals surface area contributed by atoms with Gasteiger partial charge in [0.25, 0.3) is 5.92 Å². The zero-order valence-electron chi connectivity index (χ0n) is 7.65. The zero-order chi connectivity index (χ0) is 10.6. The molecule has 0 N–H and O–H groups in total. The van der Waals surface area contributed by atoms with Crippen molar-refractivity contribution in [3.63, 3.8) is 0 Å². The standard InChI is InChI=1S/C11H9ClF2/c1-11(13,14)7-3-5-9-4-2-6-10(12)8-9/h2,4,6,8H,7H2,1H3. The van der Waals surface area contributed by atoms with E-state index in [1.807, 2.05) is 0 Å². The second-order valence-electron chi connectivity index (χ2n) is 3.06. The van der Waals surface area contributed by atoms with Crippen LogP contribution >= 0.6 is 11.6 Å². The number of hydrogen-bond acceptors (Lipinski definition) is 0. The van der Waals surface area contributed by atoms with E-state index in [0.29, 0.717) is 10.6 Å². The Morgan fingerprint density at radius 1 is 1.43 bits per heavy atom. The van der Waals surface area contributed by atoms with Gasteiger partial charge >= 0.3 is 0 Å². The molecule has 0 spiro atoms. The van der Waals surface area contributed by atoms with Gasteiger partial charge < -0.3 is 0 Å². The molecule has 0 unspecified atom stereocenters. The fourth-order valence-corrected chi connectivity index (χ4v) is 1.06. The molecule has 0 aliphatic heterocycles. The van der Waals surface area contributed by atoms with Crippen molar-refractivity contribution in [2.24, 2.45) is 0 Å². The average molecular weight is 215 g/mol. The predicted molar refractivity (Wildman–Crippen MR) is 53.6 cm³/mol. The van der Waals surface area contributed by atoms with Crippen LogP contribution in [-0.4, -0.2) is 5.92 Å². The lowest BCUT2D eigenvalue weighted by Crippen LogP contribution is -2.06. The van der Waals surface area contributed by atoms with Crippen LogP contribution in [0, 0.1) is 11.8 Å². The Balaban J connectivity index is 2.69. The van der Waals surface area contributed by atoms with E-state index in [-0.39, 0.29) is 0 Å². The summed E-state index contributed by atoms with van der Waals surface area (Å²) >= 11 is 5.70. The Morgan fingerprint density at radius 2 is 2.14 bits per heavy atom. The van der Waals surface area contributed by atoms with Gasteiger partial charge in [-0.25, -0.2) is 8.78 Å². The molecule has 1 aromatic carbocycles. The third-order valence-electron chi connectivity index (χ3n) is 1.46. The van der Waals surface area contributed by atoms with Gasteiger partial charge in [0, 0.05) is 17.5 Å². The molecule has 0 amide bonds. The van der Waals surface area contributed by atoms with E-state index in [1.54, 1.807) is 24.3 Å². The van der Waals surface area contributed by atoms with Gasteiger partial charge in [0.05, 0.1) is 6.42 Å². The quantitative estimate of drug-likeness (QED) is 0.625. The van der Waals surface area contributed by atoms with Gasteiger partial charge in [-0.1, -0.05) is 29.5 Å².